The lowest BCUT2D eigenvalue weighted by Gasteiger charge is -2.10. The number of hydrogen-bond donors (Lipinski definition) is 3. The fourth-order valence-electron chi connectivity index (χ4n) is 2.14. The first kappa shape index (κ1) is 18.3. The predicted octanol–water partition coefficient (Wildman–Crippen LogP) is 3.02. The fraction of sp³-hybridized carbons (Fsp3) is 0.263. The summed E-state index contributed by atoms with van der Waals surface area (Å²) >= 11 is 0. The molecule has 0 fully saturated rings. The molecule has 2 amide bonds. The van der Waals surface area contributed by atoms with E-state index >= 15 is 0 Å². The van der Waals surface area contributed by atoms with Gasteiger partial charge in [0, 0.05) is 16.9 Å². The molecular formula is C19H23N3O3. The van der Waals surface area contributed by atoms with Gasteiger partial charge in [0.15, 0.2) is 0 Å². The van der Waals surface area contributed by atoms with Gasteiger partial charge in [-0.2, -0.15) is 0 Å². The molecule has 0 aliphatic heterocycles. The van der Waals surface area contributed by atoms with E-state index in [1.54, 1.807) is 36.4 Å². The number of nitrogens with two attached hydrogens (primary N) is 1. The summed E-state index contributed by atoms with van der Waals surface area (Å²) in [5, 5.41) is 5.76. The Hall–Kier alpha value is -3.02. The van der Waals surface area contributed by atoms with E-state index in [0.29, 0.717) is 23.5 Å². The van der Waals surface area contributed by atoms with Crippen LogP contribution in [-0.2, 0) is 4.79 Å². The van der Waals surface area contributed by atoms with E-state index in [2.05, 4.69) is 17.6 Å². The highest BCUT2D eigenvalue weighted by molar-refractivity contribution is 5.95. The Morgan fingerprint density at radius 3 is 2.52 bits per heavy atom. The minimum atomic E-state index is -0.505. The number of hydrogen-bond acceptors (Lipinski definition) is 4. The summed E-state index contributed by atoms with van der Waals surface area (Å²) in [6.45, 7) is 2.88. The van der Waals surface area contributed by atoms with Crippen LogP contribution in [0, 0.1) is 0 Å². The summed E-state index contributed by atoms with van der Waals surface area (Å²) < 4.78 is 5.58. The number of carbonyl (C=O) groups excluding carboxylic acids is 2. The highest BCUT2D eigenvalue weighted by Crippen LogP contribution is 2.16. The number of anilines is 2. The smallest absolute Gasteiger partial charge is 0.248 e. The molecule has 6 nitrogen and oxygen atoms in total. The van der Waals surface area contributed by atoms with Gasteiger partial charge in [-0.15, -0.1) is 0 Å². The highest BCUT2D eigenvalue weighted by atomic mass is 16.5. The Bertz CT molecular complexity index is 714. The van der Waals surface area contributed by atoms with Gasteiger partial charge in [-0.3, -0.25) is 9.59 Å². The second kappa shape index (κ2) is 9.32. The predicted molar refractivity (Wildman–Crippen MR) is 98.9 cm³/mol. The van der Waals surface area contributed by atoms with Gasteiger partial charge < -0.3 is 21.1 Å². The second-order valence-corrected chi connectivity index (χ2v) is 5.57. The van der Waals surface area contributed by atoms with E-state index < -0.39 is 5.91 Å². The van der Waals surface area contributed by atoms with Crippen LogP contribution in [0.15, 0.2) is 48.5 Å². The summed E-state index contributed by atoms with van der Waals surface area (Å²) in [5.41, 5.74) is 6.98. The number of ether oxygens (including phenoxy) is 1. The Morgan fingerprint density at radius 2 is 1.84 bits per heavy atom. The van der Waals surface area contributed by atoms with E-state index in [1.165, 1.54) is 0 Å². The lowest BCUT2D eigenvalue weighted by atomic mass is 10.2. The van der Waals surface area contributed by atoms with Crippen molar-refractivity contribution in [3.63, 3.8) is 0 Å². The average Bonchev–Trinajstić information content (AvgIpc) is 2.62. The highest BCUT2D eigenvalue weighted by Gasteiger charge is 2.05. The largest absolute Gasteiger partial charge is 0.494 e. The molecular weight excluding hydrogens is 318 g/mol. The Balaban J connectivity index is 1.82. The monoisotopic (exact) mass is 341 g/mol. The van der Waals surface area contributed by atoms with Crippen LogP contribution in [0.5, 0.6) is 5.75 Å². The summed E-state index contributed by atoms with van der Waals surface area (Å²) in [5.74, 6) is 0.0892. The van der Waals surface area contributed by atoms with Crippen molar-refractivity contribution in [3.05, 3.63) is 54.1 Å². The van der Waals surface area contributed by atoms with E-state index in [9.17, 15) is 9.59 Å². The Labute approximate surface area is 147 Å². The van der Waals surface area contributed by atoms with Crippen LogP contribution >= 0.6 is 0 Å². The van der Waals surface area contributed by atoms with Crippen molar-refractivity contribution in [2.24, 2.45) is 5.73 Å². The van der Waals surface area contributed by atoms with E-state index in [1.807, 2.05) is 12.1 Å². The van der Waals surface area contributed by atoms with Gasteiger partial charge in [0.1, 0.15) is 5.75 Å². The molecule has 0 saturated heterocycles. The van der Waals surface area contributed by atoms with Gasteiger partial charge in [-0.25, -0.2) is 0 Å². The third kappa shape index (κ3) is 6.18. The van der Waals surface area contributed by atoms with E-state index in [0.717, 1.165) is 18.6 Å². The molecule has 0 bridgehead atoms. The number of primary amides is 1. The number of unbranched alkanes of at least 4 members (excludes halogenated alkanes) is 1. The number of rotatable bonds is 9. The summed E-state index contributed by atoms with van der Waals surface area (Å²) in [6, 6.07) is 14.0. The average molecular weight is 341 g/mol. The van der Waals surface area contributed by atoms with Crippen molar-refractivity contribution >= 4 is 23.2 Å². The molecule has 0 unspecified atom stereocenters. The van der Waals surface area contributed by atoms with Crippen molar-refractivity contribution in [2.45, 2.75) is 19.8 Å². The molecule has 0 aliphatic rings. The van der Waals surface area contributed by atoms with Crippen molar-refractivity contribution in [1.29, 1.82) is 0 Å². The Kier molecular flexibility index (Phi) is 6.83. The molecule has 4 N–H and O–H groups in total. The number of nitrogens with one attached hydrogen (secondary N) is 2. The zero-order chi connectivity index (χ0) is 18.1. The van der Waals surface area contributed by atoms with Crippen LogP contribution in [0.25, 0.3) is 0 Å². The van der Waals surface area contributed by atoms with Gasteiger partial charge >= 0.3 is 0 Å². The molecule has 6 heteroatoms. The third-order valence-electron chi connectivity index (χ3n) is 3.50. The van der Waals surface area contributed by atoms with E-state index in [4.69, 9.17) is 10.5 Å². The maximum Gasteiger partial charge on any atom is 0.248 e. The first-order valence-corrected chi connectivity index (χ1v) is 8.25. The quantitative estimate of drug-likeness (QED) is 0.611. The third-order valence-corrected chi connectivity index (χ3v) is 3.50. The van der Waals surface area contributed by atoms with Gasteiger partial charge in [0.05, 0.1) is 13.2 Å². The zero-order valence-corrected chi connectivity index (χ0v) is 14.2. The maximum atomic E-state index is 12.0. The van der Waals surface area contributed by atoms with Crippen LogP contribution in [0.3, 0.4) is 0 Å². The van der Waals surface area contributed by atoms with Gasteiger partial charge in [0.2, 0.25) is 11.8 Å². The molecule has 132 valence electrons. The number of benzene rings is 2. The SMILES string of the molecule is CCCCOc1ccc(NC(=O)CNc2cccc(C(N)=O)c2)cc1. The minimum absolute atomic E-state index is 0.0803. The van der Waals surface area contributed by atoms with Crippen molar-refractivity contribution in [2.75, 3.05) is 23.8 Å². The standard InChI is InChI=1S/C19H23N3O3/c1-2-3-11-25-17-9-7-15(8-10-17)22-18(23)13-21-16-6-4-5-14(12-16)19(20)24/h4-10,12,21H,2-3,11,13H2,1H3,(H2,20,24)(H,22,23). The minimum Gasteiger partial charge on any atom is -0.494 e. The molecule has 0 spiro atoms. The van der Waals surface area contributed by atoms with Crippen LogP contribution in [0.2, 0.25) is 0 Å². The van der Waals surface area contributed by atoms with Crippen molar-refractivity contribution in [1.82, 2.24) is 0 Å². The molecule has 0 radical (unpaired) electrons. The van der Waals surface area contributed by atoms with E-state index in [-0.39, 0.29) is 12.5 Å². The van der Waals surface area contributed by atoms with Crippen LogP contribution in [0.1, 0.15) is 30.1 Å². The molecule has 2 rings (SSSR count). The molecule has 2 aromatic rings. The molecule has 0 aliphatic carbocycles. The lowest BCUT2D eigenvalue weighted by molar-refractivity contribution is -0.114. The van der Waals surface area contributed by atoms with Crippen molar-refractivity contribution in [3.8, 4) is 5.75 Å². The van der Waals surface area contributed by atoms with Gasteiger partial charge in [-0.05, 0) is 48.9 Å². The normalized spacial score (nSPS) is 10.1. The molecule has 2 aromatic carbocycles. The first-order valence-electron chi connectivity index (χ1n) is 8.25. The first-order chi connectivity index (χ1) is 12.1. The molecule has 0 atom stereocenters. The Morgan fingerprint density at radius 1 is 1.08 bits per heavy atom. The fourth-order valence-corrected chi connectivity index (χ4v) is 2.14. The summed E-state index contributed by atoms with van der Waals surface area (Å²) in [6.07, 6.45) is 2.10. The number of carbonyl (C=O) groups is 2. The summed E-state index contributed by atoms with van der Waals surface area (Å²) in [7, 11) is 0. The lowest BCUT2D eigenvalue weighted by Crippen LogP contribution is -2.22. The number of amides is 2. The second-order valence-electron chi connectivity index (χ2n) is 5.57. The molecule has 0 saturated carbocycles. The maximum absolute atomic E-state index is 12.0. The van der Waals surface area contributed by atoms with Crippen LogP contribution in [0.4, 0.5) is 11.4 Å². The topological polar surface area (TPSA) is 93.4 Å². The van der Waals surface area contributed by atoms with Crippen LogP contribution < -0.4 is 21.1 Å². The zero-order valence-electron chi connectivity index (χ0n) is 14.2. The molecule has 0 aromatic heterocycles. The molecule has 25 heavy (non-hydrogen) atoms. The summed E-state index contributed by atoms with van der Waals surface area (Å²) in [4.78, 5) is 23.2. The van der Waals surface area contributed by atoms with Crippen LogP contribution in [-0.4, -0.2) is 25.0 Å². The van der Waals surface area contributed by atoms with Gasteiger partial charge in [0.25, 0.3) is 0 Å². The van der Waals surface area contributed by atoms with Gasteiger partial charge in [-0.1, -0.05) is 19.4 Å². The molecule has 0 heterocycles. The van der Waals surface area contributed by atoms with Crippen molar-refractivity contribution < 1.29 is 14.3 Å².